The van der Waals surface area contributed by atoms with E-state index in [2.05, 4.69) is 6.07 Å². The van der Waals surface area contributed by atoms with Gasteiger partial charge in [0.05, 0.1) is 11.3 Å². The summed E-state index contributed by atoms with van der Waals surface area (Å²) in [7, 11) is 0. The van der Waals surface area contributed by atoms with Crippen LogP contribution in [-0.2, 0) is 4.79 Å². The van der Waals surface area contributed by atoms with Crippen LogP contribution in [-0.4, -0.2) is 23.7 Å². The van der Waals surface area contributed by atoms with Crippen molar-refractivity contribution in [1.82, 2.24) is 0 Å². The van der Waals surface area contributed by atoms with Crippen molar-refractivity contribution >= 4 is 11.7 Å². The van der Waals surface area contributed by atoms with Gasteiger partial charge < -0.3 is 10.0 Å². The number of aryl methyl sites for hydroxylation is 1. The molecule has 19 heavy (non-hydrogen) atoms. The van der Waals surface area contributed by atoms with Gasteiger partial charge in [0, 0.05) is 6.04 Å². The highest BCUT2D eigenvalue weighted by Gasteiger charge is 2.26. The van der Waals surface area contributed by atoms with Gasteiger partial charge >= 0.3 is 5.97 Å². The summed E-state index contributed by atoms with van der Waals surface area (Å²) in [5, 5.41) is 18.3. The number of rotatable bonds is 4. The van der Waals surface area contributed by atoms with Crippen molar-refractivity contribution in [2.45, 2.75) is 38.6 Å². The van der Waals surface area contributed by atoms with Gasteiger partial charge in [0.2, 0.25) is 0 Å². The standard InChI is InChI=1S/C15H18N2O2/c1-11-6-7-12(9-16)14(8-11)17(10-15(18)19)13-4-2-3-5-13/h6-8,13H,2-5,10H2,1H3,(H,18,19). The number of anilines is 1. The van der Waals surface area contributed by atoms with Crippen molar-refractivity contribution in [3.63, 3.8) is 0 Å². The molecule has 1 saturated carbocycles. The van der Waals surface area contributed by atoms with Crippen LogP contribution in [0.1, 0.15) is 36.8 Å². The van der Waals surface area contributed by atoms with Crippen molar-refractivity contribution in [3.8, 4) is 6.07 Å². The Kier molecular flexibility index (Phi) is 4.06. The number of hydrogen-bond donors (Lipinski definition) is 1. The van der Waals surface area contributed by atoms with Crippen LogP contribution in [0.2, 0.25) is 0 Å². The van der Waals surface area contributed by atoms with Crippen LogP contribution in [0.15, 0.2) is 18.2 Å². The Balaban J connectivity index is 2.39. The summed E-state index contributed by atoms with van der Waals surface area (Å²) in [4.78, 5) is 13.0. The maximum atomic E-state index is 11.1. The highest BCUT2D eigenvalue weighted by molar-refractivity contribution is 5.75. The highest BCUT2D eigenvalue weighted by atomic mass is 16.4. The third kappa shape index (κ3) is 3.05. The minimum absolute atomic E-state index is 0.0389. The predicted octanol–water partition coefficient (Wildman–Crippen LogP) is 2.70. The number of nitrogens with zero attached hydrogens (tertiary/aromatic N) is 2. The van der Waals surface area contributed by atoms with Crippen LogP contribution in [0, 0.1) is 18.3 Å². The fourth-order valence-corrected chi connectivity index (χ4v) is 2.75. The second-order valence-corrected chi connectivity index (χ2v) is 5.09. The van der Waals surface area contributed by atoms with Crippen molar-refractivity contribution in [2.24, 2.45) is 0 Å². The number of carboxylic acids is 1. The molecule has 0 aliphatic heterocycles. The van der Waals surface area contributed by atoms with Gasteiger partial charge in [-0.05, 0) is 37.5 Å². The van der Waals surface area contributed by atoms with E-state index in [1.54, 1.807) is 6.07 Å². The van der Waals surface area contributed by atoms with Gasteiger partial charge in [-0.3, -0.25) is 4.79 Å². The van der Waals surface area contributed by atoms with E-state index in [1.165, 1.54) is 0 Å². The number of benzene rings is 1. The largest absolute Gasteiger partial charge is 0.480 e. The molecular weight excluding hydrogens is 240 g/mol. The Morgan fingerprint density at radius 2 is 2.16 bits per heavy atom. The molecule has 0 bridgehead atoms. The molecule has 1 aliphatic rings. The normalized spacial score (nSPS) is 15.2. The van der Waals surface area contributed by atoms with Crippen molar-refractivity contribution in [3.05, 3.63) is 29.3 Å². The fourth-order valence-electron chi connectivity index (χ4n) is 2.75. The summed E-state index contributed by atoms with van der Waals surface area (Å²) >= 11 is 0. The Hall–Kier alpha value is -2.02. The second kappa shape index (κ2) is 5.75. The Bertz CT molecular complexity index is 513. The van der Waals surface area contributed by atoms with E-state index in [-0.39, 0.29) is 12.6 Å². The van der Waals surface area contributed by atoms with Gasteiger partial charge in [0.15, 0.2) is 0 Å². The zero-order valence-electron chi connectivity index (χ0n) is 11.1. The fraction of sp³-hybridized carbons (Fsp3) is 0.467. The lowest BCUT2D eigenvalue weighted by Crippen LogP contribution is -2.38. The highest BCUT2D eigenvalue weighted by Crippen LogP contribution is 2.30. The maximum absolute atomic E-state index is 11.1. The smallest absolute Gasteiger partial charge is 0.323 e. The SMILES string of the molecule is Cc1ccc(C#N)c(N(CC(=O)O)C2CCCC2)c1. The lowest BCUT2D eigenvalue weighted by molar-refractivity contribution is -0.135. The van der Waals surface area contributed by atoms with Crippen molar-refractivity contribution < 1.29 is 9.90 Å². The Labute approximate surface area is 113 Å². The number of aliphatic carboxylic acids is 1. The first-order chi connectivity index (χ1) is 9.11. The maximum Gasteiger partial charge on any atom is 0.323 e. The summed E-state index contributed by atoms with van der Waals surface area (Å²) in [6.07, 6.45) is 4.28. The van der Waals surface area contributed by atoms with Gasteiger partial charge in [-0.25, -0.2) is 0 Å². The molecule has 1 fully saturated rings. The molecule has 2 rings (SSSR count). The summed E-state index contributed by atoms with van der Waals surface area (Å²) in [5.41, 5.74) is 2.36. The Morgan fingerprint density at radius 3 is 2.74 bits per heavy atom. The predicted molar refractivity (Wildman–Crippen MR) is 73.1 cm³/mol. The van der Waals surface area contributed by atoms with Gasteiger partial charge in [0.1, 0.15) is 12.6 Å². The Morgan fingerprint density at radius 1 is 1.47 bits per heavy atom. The number of carboxylic acid groups (broad SMARTS) is 1. The van der Waals surface area contributed by atoms with Crippen LogP contribution in [0.5, 0.6) is 0 Å². The molecule has 0 aromatic heterocycles. The molecule has 0 heterocycles. The lowest BCUT2D eigenvalue weighted by Gasteiger charge is -2.30. The number of hydrogen-bond acceptors (Lipinski definition) is 3. The van der Waals surface area contributed by atoms with E-state index < -0.39 is 5.97 Å². The third-order valence-electron chi connectivity index (χ3n) is 3.65. The van der Waals surface area contributed by atoms with E-state index >= 15 is 0 Å². The molecule has 0 saturated heterocycles. The molecule has 100 valence electrons. The zero-order chi connectivity index (χ0) is 13.8. The molecule has 4 nitrogen and oxygen atoms in total. The molecule has 0 amide bonds. The molecular formula is C15H18N2O2. The van der Waals surface area contributed by atoms with E-state index in [9.17, 15) is 10.1 Å². The average molecular weight is 258 g/mol. The van der Waals surface area contributed by atoms with Gasteiger partial charge in [-0.1, -0.05) is 18.9 Å². The van der Waals surface area contributed by atoms with Crippen molar-refractivity contribution in [1.29, 1.82) is 5.26 Å². The second-order valence-electron chi connectivity index (χ2n) is 5.09. The van der Waals surface area contributed by atoms with E-state index in [0.717, 1.165) is 36.9 Å². The van der Waals surface area contributed by atoms with Crippen LogP contribution < -0.4 is 4.90 Å². The monoisotopic (exact) mass is 258 g/mol. The number of nitriles is 1. The molecule has 1 N–H and O–H groups in total. The first kappa shape index (κ1) is 13.4. The minimum Gasteiger partial charge on any atom is -0.480 e. The molecule has 0 radical (unpaired) electrons. The van der Waals surface area contributed by atoms with Gasteiger partial charge in [-0.15, -0.1) is 0 Å². The van der Waals surface area contributed by atoms with Crippen LogP contribution in [0.3, 0.4) is 0 Å². The van der Waals surface area contributed by atoms with Gasteiger partial charge in [-0.2, -0.15) is 5.26 Å². The molecule has 0 unspecified atom stereocenters. The van der Waals surface area contributed by atoms with Gasteiger partial charge in [0.25, 0.3) is 0 Å². The molecule has 1 aromatic carbocycles. The summed E-state index contributed by atoms with van der Waals surface area (Å²) in [6.45, 7) is 1.92. The quantitative estimate of drug-likeness (QED) is 0.901. The third-order valence-corrected chi connectivity index (χ3v) is 3.65. The van der Waals surface area contributed by atoms with E-state index in [4.69, 9.17) is 5.11 Å². The summed E-state index contributed by atoms with van der Waals surface area (Å²) in [6, 6.07) is 7.98. The van der Waals surface area contributed by atoms with Crippen molar-refractivity contribution in [2.75, 3.05) is 11.4 Å². The lowest BCUT2D eigenvalue weighted by atomic mass is 10.1. The van der Waals surface area contributed by atoms with Crippen LogP contribution >= 0.6 is 0 Å². The van der Waals surface area contributed by atoms with Crippen LogP contribution in [0.25, 0.3) is 0 Å². The first-order valence-corrected chi connectivity index (χ1v) is 6.61. The molecule has 0 spiro atoms. The molecule has 4 heteroatoms. The zero-order valence-corrected chi connectivity index (χ0v) is 11.1. The van der Waals surface area contributed by atoms with Crippen LogP contribution in [0.4, 0.5) is 5.69 Å². The molecule has 0 atom stereocenters. The number of carbonyl (C=O) groups is 1. The minimum atomic E-state index is -0.850. The van der Waals surface area contributed by atoms with E-state index in [0.29, 0.717) is 5.56 Å². The topological polar surface area (TPSA) is 64.3 Å². The molecule has 1 aromatic rings. The average Bonchev–Trinajstić information content (AvgIpc) is 2.89. The first-order valence-electron chi connectivity index (χ1n) is 6.61. The molecule has 1 aliphatic carbocycles. The summed E-state index contributed by atoms with van der Waals surface area (Å²) < 4.78 is 0. The summed E-state index contributed by atoms with van der Waals surface area (Å²) in [5.74, 6) is -0.850. The van der Waals surface area contributed by atoms with E-state index in [1.807, 2.05) is 24.0 Å².